The van der Waals surface area contributed by atoms with Gasteiger partial charge in [0.05, 0.1) is 0 Å². The Morgan fingerprint density at radius 2 is 1.79 bits per heavy atom. The summed E-state index contributed by atoms with van der Waals surface area (Å²) in [7, 11) is 0. The molecule has 1 heteroatoms. The van der Waals surface area contributed by atoms with E-state index in [0.717, 1.165) is 5.70 Å². The molecular weight excluding hydrogens is 170 g/mol. The SMILES string of the molecule is NC1=CC(c2ccccc2)C=CC=C1. The van der Waals surface area contributed by atoms with Crippen LogP contribution in [0.4, 0.5) is 0 Å². The summed E-state index contributed by atoms with van der Waals surface area (Å²) in [6, 6.07) is 10.3. The lowest BCUT2D eigenvalue weighted by atomic mass is 9.98. The van der Waals surface area contributed by atoms with E-state index in [-0.39, 0.29) is 0 Å². The van der Waals surface area contributed by atoms with Gasteiger partial charge in [0.2, 0.25) is 0 Å². The Balaban J connectivity index is 2.32. The van der Waals surface area contributed by atoms with Crippen LogP contribution in [0.2, 0.25) is 0 Å². The molecule has 1 unspecified atom stereocenters. The van der Waals surface area contributed by atoms with E-state index in [9.17, 15) is 0 Å². The Hall–Kier alpha value is -1.76. The highest BCUT2D eigenvalue weighted by atomic mass is 14.6. The van der Waals surface area contributed by atoms with Gasteiger partial charge in [-0.1, -0.05) is 54.6 Å². The van der Waals surface area contributed by atoms with Crippen LogP contribution >= 0.6 is 0 Å². The van der Waals surface area contributed by atoms with Crippen molar-refractivity contribution in [3.63, 3.8) is 0 Å². The minimum atomic E-state index is 0.297. The molecule has 0 saturated heterocycles. The molecule has 2 N–H and O–H groups in total. The largest absolute Gasteiger partial charge is 0.399 e. The average molecular weight is 183 g/mol. The van der Waals surface area contributed by atoms with Crippen LogP contribution in [0.3, 0.4) is 0 Å². The van der Waals surface area contributed by atoms with Gasteiger partial charge in [-0.25, -0.2) is 0 Å². The lowest BCUT2D eigenvalue weighted by Crippen LogP contribution is -1.97. The van der Waals surface area contributed by atoms with Crippen molar-refractivity contribution in [2.24, 2.45) is 5.73 Å². The van der Waals surface area contributed by atoms with Crippen molar-refractivity contribution < 1.29 is 0 Å². The van der Waals surface area contributed by atoms with Gasteiger partial charge in [0.1, 0.15) is 0 Å². The van der Waals surface area contributed by atoms with Crippen LogP contribution in [0.15, 0.2) is 66.4 Å². The number of hydrogen-bond acceptors (Lipinski definition) is 1. The Kier molecular flexibility index (Phi) is 2.50. The summed E-state index contributed by atoms with van der Waals surface area (Å²) in [4.78, 5) is 0. The first-order chi connectivity index (χ1) is 6.86. The second-order valence-electron chi connectivity index (χ2n) is 3.35. The molecular formula is C13H13N. The number of rotatable bonds is 1. The van der Waals surface area contributed by atoms with Crippen molar-refractivity contribution in [2.45, 2.75) is 5.92 Å². The van der Waals surface area contributed by atoms with Gasteiger partial charge in [0.25, 0.3) is 0 Å². The van der Waals surface area contributed by atoms with Gasteiger partial charge in [-0.3, -0.25) is 0 Å². The highest BCUT2D eigenvalue weighted by Crippen LogP contribution is 2.21. The number of benzene rings is 1. The molecule has 1 aromatic carbocycles. The third-order valence-electron chi connectivity index (χ3n) is 2.27. The van der Waals surface area contributed by atoms with Gasteiger partial charge >= 0.3 is 0 Å². The third-order valence-corrected chi connectivity index (χ3v) is 2.27. The van der Waals surface area contributed by atoms with Crippen LogP contribution in [0.5, 0.6) is 0 Å². The molecule has 1 aromatic rings. The fraction of sp³-hybridized carbons (Fsp3) is 0.0769. The molecule has 1 aliphatic rings. The van der Waals surface area contributed by atoms with Crippen molar-refractivity contribution >= 4 is 0 Å². The summed E-state index contributed by atoms with van der Waals surface area (Å²) in [6.07, 6.45) is 10.1. The normalized spacial score (nSPS) is 20.3. The van der Waals surface area contributed by atoms with E-state index < -0.39 is 0 Å². The number of allylic oxidation sites excluding steroid dienone is 5. The first-order valence-corrected chi connectivity index (χ1v) is 4.73. The lowest BCUT2D eigenvalue weighted by Gasteiger charge is -2.07. The van der Waals surface area contributed by atoms with Crippen LogP contribution in [0.25, 0.3) is 0 Å². The zero-order chi connectivity index (χ0) is 9.80. The minimum absolute atomic E-state index is 0.297. The molecule has 0 bridgehead atoms. The lowest BCUT2D eigenvalue weighted by molar-refractivity contribution is 1.07. The van der Waals surface area contributed by atoms with Gasteiger partial charge in [-0.2, -0.15) is 0 Å². The van der Waals surface area contributed by atoms with Gasteiger partial charge in [0, 0.05) is 11.6 Å². The van der Waals surface area contributed by atoms with Gasteiger partial charge in [-0.15, -0.1) is 0 Å². The van der Waals surface area contributed by atoms with Crippen LogP contribution in [0.1, 0.15) is 11.5 Å². The molecule has 0 fully saturated rings. The molecule has 0 spiro atoms. The van der Waals surface area contributed by atoms with Gasteiger partial charge < -0.3 is 5.73 Å². The second-order valence-corrected chi connectivity index (χ2v) is 3.35. The highest BCUT2D eigenvalue weighted by molar-refractivity contribution is 5.36. The van der Waals surface area contributed by atoms with E-state index in [4.69, 9.17) is 5.73 Å². The van der Waals surface area contributed by atoms with Gasteiger partial charge in [0.15, 0.2) is 0 Å². The van der Waals surface area contributed by atoms with Gasteiger partial charge in [-0.05, 0) is 11.6 Å². The fourth-order valence-corrected chi connectivity index (χ4v) is 1.55. The number of nitrogens with two attached hydrogens (primary N) is 1. The predicted molar refractivity (Wildman–Crippen MR) is 59.7 cm³/mol. The molecule has 0 aromatic heterocycles. The average Bonchev–Trinajstić information content (AvgIpc) is 2.44. The first-order valence-electron chi connectivity index (χ1n) is 4.73. The molecule has 70 valence electrons. The smallest absolute Gasteiger partial charge is 0.0282 e. The monoisotopic (exact) mass is 183 g/mol. The van der Waals surface area contributed by atoms with E-state index >= 15 is 0 Å². The molecule has 2 rings (SSSR count). The summed E-state index contributed by atoms with van der Waals surface area (Å²) in [5.74, 6) is 0.297. The molecule has 1 nitrogen and oxygen atoms in total. The summed E-state index contributed by atoms with van der Waals surface area (Å²) >= 11 is 0. The van der Waals surface area contributed by atoms with E-state index in [1.54, 1.807) is 0 Å². The Morgan fingerprint density at radius 3 is 2.57 bits per heavy atom. The molecule has 0 aliphatic heterocycles. The standard InChI is InChI=1S/C13H13N/c14-13-9-5-4-8-12(10-13)11-6-2-1-3-7-11/h1-10,12H,14H2. The van der Waals surface area contributed by atoms with Crippen LogP contribution < -0.4 is 5.73 Å². The topological polar surface area (TPSA) is 26.0 Å². The zero-order valence-electron chi connectivity index (χ0n) is 7.93. The Labute approximate surface area is 84.3 Å². The van der Waals surface area contributed by atoms with E-state index in [2.05, 4.69) is 24.3 Å². The number of hydrogen-bond donors (Lipinski definition) is 1. The third kappa shape index (κ3) is 1.94. The molecule has 0 heterocycles. The first kappa shape index (κ1) is 8.82. The molecule has 14 heavy (non-hydrogen) atoms. The van der Waals surface area contributed by atoms with E-state index in [1.165, 1.54) is 5.56 Å². The van der Waals surface area contributed by atoms with E-state index in [1.807, 2.05) is 36.4 Å². The molecule has 0 radical (unpaired) electrons. The van der Waals surface area contributed by atoms with Crippen LogP contribution in [0, 0.1) is 0 Å². The summed E-state index contributed by atoms with van der Waals surface area (Å²) in [5, 5.41) is 0. The molecule has 1 aliphatic carbocycles. The maximum atomic E-state index is 5.80. The van der Waals surface area contributed by atoms with Crippen LogP contribution in [-0.4, -0.2) is 0 Å². The van der Waals surface area contributed by atoms with Crippen molar-refractivity contribution in [1.29, 1.82) is 0 Å². The fourth-order valence-electron chi connectivity index (χ4n) is 1.55. The summed E-state index contributed by atoms with van der Waals surface area (Å²) < 4.78 is 0. The Morgan fingerprint density at radius 1 is 1.00 bits per heavy atom. The maximum Gasteiger partial charge on any atom is 0.0282 e. The van der Waals surface area contributed by atoms with Crippen molar-refractivity contribution in [1.82, 2.24) is 0 Å². The molecule has 0 saturated carbocycles. The highest BCUT2D eigenvalue weighted by Gasteiger charge is 2.05. The molecule has 1 atom stereocenters. The summed E-state index contributed by atoms with van der Waals surface area (Å²) in [6.45, 7) is 0. The maximum absolute atomic E-state index is 5.80. The van der Waals surface area contributed by atoms with Crippen molar-refractivity contribution in [3.05, 3.63) is 72.0 Å². The van der Waals surface area contributed by atoms with E-state index in [0.29, 0.717) is 5.92 Å². The van der Waals surface area contributed by atoms with Crippen molar-refractivity contribution in [2.75, 3.05) is 0 Å². The second kappa shape index (κ2) is 3.97. The minimum Gasteiger partial charge on any atom is -0.399 e. The Bertz CT molecular complexity index is 385. The van der Waals surface area contributed by atoms with Crippen molar-refractivity contribution in [3.8, 4) is 0 Å². The quantitative estimate of drug-likeness (QED) is 0.711. The summed E-state index contributed by atoms with van der Waals surface area (Å²) in [5.41, 5.74) is 7.89. The molecule has 0 amide bonds. The zero-order valence-corrected chi connectivity index (χ0v) is 7.93. The predicted octanol–water partition coefficient (Wildman–Crippen LogP) is 2.74. The van der Waals surface area contributed by atoms with Crippen LogP contribution in [-0.2, 0) is 0 Å².